The van der Waals surface area contributed by atoms with Gasteiger partial charge in [0.1, 0.15) is 27.4 Å². The summed E-state index contributed by atoms with van der Waals surface area (Å²) in [5, 5.41) is 3.02. The number of benzene rings is 1. The molecular formula is C18H19ClN3O6PS. The van der Waals surface area contributed by atoms with E-state index >= 15 is 0 Å². The van der Waals surface area contributed by atoms with Gasteiger partial charge in [-0.25, -0.2) is 9.98 Å². The molecule has 0 radical (unpaired) electrons. The fourth-order valence-corrected chi connectivity index (χ4v) is 3.90. The molecule has 1 atom stereocenters. The van der Waals surface area contributed by atoms with E-state index in [0.29, 0.717) is 21.0 Å². The first kappa shape index (κ1) is 22.5. The SMILES string of the molecule is CC(C)Oc1cc(OC2C=NC(P(=O)(O)O)=CC2)cc(C(=O)Nc2ncc(Cl)s2)c1. The zero-order chi connectivity index (χ0) is 21.9. The summed E-state index contributed by atoms with van der Waals surface area (Å²) in [6, 6.07) is 4.75. The Bertz CT molecular complexity index is 1050. The molecule has 0 bridgehead atoms. The van der Waals surface area contributed by atoms with Gasteiger partial charge in [-0.05, 0) is 32.1 Å². The van der Waals surface area contributed by atoms with Gasteiger partial charge in [-0.15, -0.1) is 0 Å². The maximum absolute atomic E-state index is 12.6. The summed E-state index contributed by atoms with van der Waals surface area (Å²) in [7, 11) is -4.41. The number of aromatic nitrogens is 1. The van der Waals surface area contributed by atoms with E-state index in [1.54, 1.807) is 12.1 Å². The molecule has 3 N–H and O–H groups in total. The highest BCUT2D eigenvalue weighted by molar-refractivity contribution is 7.56. The van der Waals surface area contributed by atoms with E-state index in [1.165, 1.54) is 24.6 Å². The van der Waals surface area contributed by atoms with Crippen molar-refractivity contribution in [1.82, 2.24) is 4.98 Å². The minimum atomic E-state index is -4.41. The average Bonchev–Trinajstić information content (AvgIpc) is 3.05. The first-order chi connectivity index (χ1) is 14.1. The molecule has 0 fully saturated rings. The van der Waals surface area contributed by atoms with Crippen LogP contribution in [-0.2, 0) is 4.57 Å². The molecule has 1 aliphatic rings. The summed E-state index contributed by atoms with van der Waals surface area (Å²) in [6.45, 7) is 3.71. The highest BCUT2D eigenvalue weighted by Crippen LogP contribution is 2.46. The van der Waals surface area contributed by atoms with Crippen molar-refractivity contribution in [3.8, 4) is 11.5 Å². The van der Waals surface area contributed by atoms with Crippen molar-refractivity contribution in [2.45, 2.75) is 32.5 Å². The van der Waals surface area contributed by atoms with Gasteiger partial charge in [-0.1, -0.05) is 22.9 Å². The second-order valence-corrected chi connectivity index (χ2v) is 9.77. The van der Waals surface area contributed by atoms with Crippen molar-refractivity contribution in [3.05, 3.63) is 45.8 Å². The Morgan fingerprint density at radius 1 is 1.33 bits per heavy atom. The van der Waals surface area contributed by atoms with E-state index in [9.17, 15) is 19.1 Å². The van der Waals surface area contributed by atoms with E-state index in [4.69, 9.17) is 21.1 Å². The lowest BCUT2D eigenvalue weighted by Crippen LogP contribution is -2.20. The Labute approximate surface area is 181 Å². The van der Waals surface area contributed by atoms with Crippen molar-refractivity contribution in [2.24, 2.45) is 4.99 Å². The summed E-state index contributed by atoms with van der Waals surface area (Å²) >= 11 is 6.98. The van der Waals surface area contributed by atoms with Crippen LogP contribution in [0.1, 0.15) is 30.6 Å². The summed E-state index contributed by atoms with van der Waals surface area (Å²) in [5.41, 5.74) is -0.00455. The number of nitrogens with one attached hydrogen (secondary N) is 1. The zero-order valence-corrected chi connectivity index (χ0v) is 18.4. The maximum Gasteiger partial charge on any atom is 0.374 e. The third-order valence-electron chi connectivity index (χ3n) is 3.70. The Kier molecular flexibility index (Phi) is 6.95. The summed E-state index contributed by atoms with van der Waals surface area (Å²) < 4.78 is 23.3. The van der Waals surface area contributed by atoms with Crippen LogP contribution in [0.3, 0.4) is 0 Å². The monoisotopic (exact) mass is 471 g/mol. The number of carbonyl (C=O) groups is 1. The normalized spacial score (nSPS) is 16.3. The van der Waals surface area contributed by atoms with Crippen LogP contribution in [0.5, 0.6) is 11.5 Å². The smallest absolute Gasteiger partial charge is 0.374 e. The van der Waals surface area contributed by atoms with Gasteiger partial charge in [0, 0.05) is 24.3 Å². The minimum Gasteiger partial charge on any atom is -0.491 e. The molecule has 30 heavy (non-hydrogen) atoms. The fraction of sp³-hybridized carbons (Fsp3) is 0.278. The Morgan fingerprint density at radius 3 is 2.63 bits per heavy atom. The van der Waals surface area contributed by atoms with E-state index in [2.05, 4.69) is 15.3 Å². The molecule has 3 rings (SSSR count). The second-order valence-electron chi connectivity index (χ2n) is 6.56. The van der Waals surface area contributed by atoms with Gasteiger partial charge < -0.3 is 19.3 Å². The van der Waals surface area contributed by atoms with Crippen LogP contribution in [0.2, 0.25) is 4.34 Å². The van der Waals surface area contributed by atoms with Gasteiger partial charge in [0.25, 0.3) is 5.91 Å². The van der Waals surface area contributed by atoms with Crippen LogP contribution < -0.4 is 14.8 Å². The Balaban J connectivity index is 1.79. The minimum absolute atomic E-state index is 0.126. The highest BCUT2D eigenvalue weighted by Gasteiger charge is 2.24. The van der Waals surface area contributed by atoms with Gasteiger partial charge in [0.15, 0.2) is 5.13 Å². The standard InChI is InChI=1S/C18H19ClN3O6PS/c1-10(2)27-13-5-11(17(23)22-18-21-9-15(19)30-18)6-14(7-13)28-12-3-4-16(20-8-12)29(24,25)26/h4-10,12H,3H2,1-2H3,(H,21,22,23)(H2,24,25,26). The van der Waals surface area contributed by atoms with Crippen molar-refractivity contribution < 1.29 is 28.6 Å². The number of nitrogens with zero attached hydrogens (tertiary/aromatic N) is 2. The van der Waals surface area contributed by atoms with Crippen LogP contribution in [0, 0.1) is 0 Å². The van der Waals surface area contributed by atoms with E-state index < -0.39 is 19.6 Å². The number of ether oxygens (including phenoxy) is 2. The van der Waals surface area contributed by atoms with Crippen LogP contribution in [0.25, 0.3) is 0 Å². The molecule has 1 amide bonds. The average molecular weight is 472 g/mol. The maximum atomic E-state index is 12.6. The first-order valence-electron chi connectivity index (χ1n) is 8.81. The number of halogens is 1. The zero-order valence-electron chi connectivity index (χ0n) is 16.0. The molecule has 2 heterocycles. The molecule has 1 aromatic heterocycles. The number of carbonyl (C=O) groups excluding carboxylic acids is 1. The van der Waals surface area contributed by atoms with Gasteiger partial charge in [-0.2, -0.15) is 0 Å². The molecule has 12 heteroatoms. The molecule has 1 aromatic carbocycles. The number of hydrogen-bond donors (Lipinski definition) is 3. The van der Waals surface area contributed by atoms with Crippen LogP contribution in [0.4, 0.5) is 5.13 Å². The lowest BCUT2D eigenvalue weighted by atomic mass is 10.1. The fourth-order valence-electron chi connectivity index (χ4n) is 2.53. The lowest BCUT2D eigenvalue weighted by molar-refractivity contribution is 0.102. The third-order valence-corrected chi connectivity index (χ3v) is 5.63. The molecule has 1 unspecified atom stereocenters. The van der Waals surface area contributed by atoms with Crippen LogP contribution >= 0.6 is 30.5 Å². The molecular weight excluding hydrogens is 453 g/mol. The number of rotatable bonds is 7. The summed E-state index contributed by atoms with van der Waals surface area (Å²) in [5.74, 6) is 0.366. The molecule has 2 aromatic rings. The van der Waals surface area contributed by atoms with Gasteiger partial charge in [0.2, 0.25) is 0 Å². The number of aliphatic imine (C=N–C) groups is 1. The predicted octanol–water partition coefficient (Wildman–Crippen LogP) is 4.08. The molecule has 1 aliphatic heterocycles. The molecule has 9 nitrogen and oxygen atoms in total. The number of thiazole rings is 1. The quantitative estimate of drug-likeness (QED) is 0.518. The molecule has 0 saturated carbocycles. The molecule has 160 valence electrons. The lowest BCUT2D eigenvalue weighted by Gasteiger charge is -2.19. The number of anilines is 1. The van der Waals surface area contributed by atoms with Crippen molar-refractivity contribution in [1.29, 1.82) is 0 Å². The van der Waals surface area contributed by atoms with Crippen LogP contribution in [-0.4, -0.2) is 39.1 Å². The number of hydrogen-bond acceptors (Lipinski definition) is 7. The Hall–Kier alpha value is -2.23. The van der Waals surface area contributed by atoms with Crippen molar-refractivity contribution >= 4 is 47.8 Å². The topological polar surface area (TPSA) is 130 Å². The summed E-state index contributed by atoms with van der Waals surface area (Å²) in [6.07, 6.45) is 3.64. The van der Waals surface area contributed by atoms with E-state index in [-0.39, 0.29) is 23.5 Å². The first-order valence-corrected chi connectivity index (χ1v) is 11.6. The predicted molar refractivity (Wildman–Crippen MR) is 115 cm³/mol. The van der Waals surface area contributed by atoms with Gasteiger partial charge >= 0.3 is 7.60 Å². The van der Waals surface area contributed by atoms with Crippen molar-refractivity contribution in [3.63, 3.8) is 0 Å². The van der Waals surface area contributed by atoms with Gasteiger partial charge in [-0.3, -0.25) is 14.7 Å². The van der Waals surface area contributed by atoms with Crippen LogP contribution in [0.15, 0.2) is 40.9 Å². The van der Waals surface area contributed by atoms with E-state index in [1.807, 2.05) is 13.8 Å². The Morgan fingerprint density at radius 2 is 2.07 bits per heavy atom. The van der Waals surface area contributed by atoms with Gasteiger partial charge in [0.05, 0.1) is 12.3 Å². The largest absolute Gasteiger partial charge is 0.491 e. The molecule has 0 spiro atoms. The third kappa shape index (κ3) is 6.13. The molecule has 0 aliphatic carbocycles. The molecule has 0 saturated heterocycles. The highest BCUT2D eigenvalue weighted by atomic mass is 35.5. The van der Waals surface area contributed by atoms with E-state index in [0.717, 1.165) is 11.3 Å². The van der Waals surface area contributed by atoms with Crippen molar-refractivity contribution in [2.75, 3.05) is 5.32 Å². The summed E-state index contributed by atoms with van der Waals surface area (Å²) in [4.78, 5) is 38.8. The second kappa shape index (κ2) is 9.28. The number of amides is 1.